The van der Waals surface area contributed by atoms with Crippen molar-refractivity contribution in [3.8, 4) is 5.75 Å². The van der Waals surface area contributed by atoms with Crippen molar-refractivity contribution in [2.24, 2.45) is 0 Å². The maximum absolute atomic E-state index is 12.4. The van der Waals surface area contributed by atoms with Crippen molar-refractivity contribution < 1.29 is 14.3 Å². The number of halogens is 1. The van der Waals surface area contributed by atoms with E-state index < -0.39 is 0 Å². The lowest BCUT2D eigenvalue weighted by Gasteiger charge is -2.10. The molecule has 0 N–H and O–H groups in total. The van der Waals surface area contributed by atoms with Gasteiger partial charge in [0.05, 0.1) is 6.61 Å². The van der Waals surface area contributed by atoms with Crippen molar-refractivity contribution >= 4 is 40.6 Å². The highest BCUT2D eigenvalue weighted by molar-refractivity contribution is 6.30. The Kier molecular flexibility index (Phi) is 7.38. The van der Waals surface area contributed by atoms with E-state index in [-0.39, 0.29) is 5.78 Å². The second-order valence-electron chi connectivity index (χ2n) is 7.71. The number of benzene rings is 3. The van der Waals surface area contributed by atoms with Gasteiger partial charge in [-0.3, -0.25) is 9.59 Å². The number of hydrogen-bond acceptors (Lipinski definition) is 3. The van der Waals surface area contributed by atoms with Gasteiger partial charge in [-0.2, -0.15) is 0 Å². The van der Waals surface area contributed by atoms with Crippen LogP contribution in [0, 0.1) is 0 Å². The number of hydrogen-bond donors (Lipinski definition) is 0. The molecule has 166 valence electrons. The maximum atomic E-state index is 12.4. The Morgan fingerprint density at radius 1 is 0.909 bits per heavy atom. The number of para-hydroxylation sites is 2. The molecule has 5 heteroatoms. The SMILES string of the molecule is O=Cc1cn(CCCCOc2ccccc2/C=C/C(=O)c2ccc(Cl)cc2)c2ccccc12. The van der Waals surface area contributed by atoms with Crippen LogP contribution in [0.5, 0.6) is 5.75 Å². The molecule has 0 aliphatic heterocycles. The lowest BCUT2D eigenvalue weighted by molar-refractivity contribution is 0.104. The van der Waals surface area contributed by atoms with Gasteiger partial charge < -0.3 is 9.30 Å². The fourth-order valence-electron chi connectivity index (χ4n) is 3.75. The highest BCUT2D eigenvalue weighted by Crippen LogP contribution is 2.22. The zero-order valence-corrected chi connectivity index (χ0v) is 18.9. The Hall–Kier alpha value is -3.63. The molecular weight excluding hydrogens is 434 g/mol. The van der Waals surface area contributed by atoms with Crippen molar-refractivity contribution in [3.05, 3.63) is 107 Å². The molecule has 33 heavy (non-hydrogen) atoms. The van der Waals surface area contributed by atoms with E-state index in [1.54, 1.807) is 36.4 Å². The van der Waals surface area contributed by atoms with Gasteiger partial charge in [0.15, 0.2) is 12.1 Å². The van der Waals surface area contributed by atoms with E-state index in [0.717, 1.165) is 53.5 Å². The molecule has 1 aromatic heterocycles. The molecule has 3 aromatic carbocycles. The van der Waals surface area contributed by atoms with Gasteiger partial charge >= 0.3 is 0 Å². The van der Waals surface area contributed by atoms with E-state index in [0.29, 0.717) is 17.2 Å². The minimum atomic E-state index is -0.0879. The van der Waals surface area contributed by atoms with E-state index >= 15 is 0 Å². The molecule has 4 aromatic rings. The summed E-state index contributed by atoms with van der Waals surface area (Å²) in [6.07, 6.45) is 7.93. The number of ketones is 1. The van der Waals surface area contributed by atoms with Gasteiger partial charge in [0.1, 0.15) is 5.75 Å². The normalized spacial score (nSPS) is 11.2. The zero-order chi connectivity index (χ0) is 23.0. The first-order valence-corrected chi connectivity index (χ1v) is 11.3. The van der Waals surface area contributed by atoms with Crippen LogP contribution in [0.4, 0.5) is 0 Å². The smallest absolute Gasteiger partial charge is 0.185 e. The average molecular weight is 458 g/mol. The van der Waals surface area contributed by atoms with Gasteiger partial charge in [-0.25, -0.2) is 0 Å². The summed E-state index contributed by atoms with van der Waals surface area (Å²) in [5.41, 5.74) is 3.23. The Bertz CT molecular complexity index is 1290. The lowest BCUT2D eigenvalue weighted by atomic mass is 10.1. The van der Waals surface area contributed by atoms with Crippen LogP contribution >= 0.6 is 11.6 Å². The molecular formula is C28H24ClNO3. The standard InChI is InChI=1S/C28H24ClNO3/c29-24-14-11-21(12-15-24)27(32)16-13-22-7-1-4-10-28(22)33-18-6-5-17-30-19-23(20-31)25-8-2-3-9-26(25)30/h1-4,7-16,19-20H,5-6,17-18H2/b16-13+. The summed E-state index contributed by atoms with van der Waals surface area (Å²) >= 11 is 5.89. The maximum Gasteiger partial charge on any atom is 0.185 e. The number of ether oxygens (including phenoxy) is 1. The second-order valence-corrected chi connectivity index (χ2v) is 8.15. The predicted molar refractivity (Wildman–Crippen MR) is 133 cm³/mol. The van der Waals surface area contributed by atoms with Crippen molar-refractivity contribution in [1.29, 1.82) is 0 Å². The molecule has 0 unspecified atom stereocenters. The predicted octanol–water partition coefficient (Wildman–Crippen LogP) is 6.86. The van der Waals surface area contributed by atoms with Gasteiger partial charge in [-0.15, -0.1) is 0 Å². The van der Waals surface area contributed by atoms with Crippen molar-refractivity contribution in [1.82, 2.24) is 4.57 Å². The van der Waals surface area contributed by atoms with Gasteiger partial charge in [-0.05, 0) is 61.4 Å². The number of rotatable bonds is 10. The van der Waals surface area contributed by atoms with Crippen LogP contribution in [-0.4, -0.2) is 23.2 Å². The molecule has 0 saturated heterocycles. The van der Waals surface area contributed by atoms with Crippen LogP contribution in [0.25, 0.3) is 17.0 Å². The Balaban J connectivity index is 1.32. The highest BCUT2D eigenvalue weighted by Gasteiger charge is 2.07. The zero-order valence-electron chi connectivity index (χ0n) is 18.1. The summed E-state index contributed by atoms with van der Waals surface area (Å²) in [4.78, 5) is 23.7. The molecule has 0 spiro atoms. The van der Waals surface area contributed by atoms with Crippen LogP contribution in [0.2, 0.25) is 5.02 Å². The third-order valence-corrected chi connectivity index (χ3v) is 5.71. The molecule has 0 aliphatic rings. The first kappa shape index (κ1) is 22.6. The van der Waals surface area contributed by atoms with Crippen molar-refractivity contribution in [2.75, 3.05) is 6.61 Å². The first-order valence-electron chi connectivity index (χ1n) is 10.9. The van der Waals surface area contributed by atoms with Gasteiger partial charge in [0, 0.05) is 45.4 Å². The molecule has 4 rings (SSSR count). The van der Waals surface area contributed by atoms with Crippen LogP contribution in [-0.2, 0) is 6.54 Å². The largest absolute Gasteiger partial charge is 0.493 e. The molecule has 0 amide bonds. The number of carbonyl (C=O) groups excluding carboxylic acids is 2. The number of aldehydes is 1. The van der Waals surface area contributed by atoms with Crippen LogP contribution < -0.4 is 4.74 Å². The molecule has 4 nitrogen and oxygen atoms in total. The number of unbranched alkanes of at least 4 members (excludes halogenated alkanes) is 1. The minimum Gasteiger partial charge on any atom is -0.493 e. The molecule has 0 bridgehead atoms. The number of carbonyl (C=O) groups is 2. The minimum absolute atomic E-state index is 0.0879. The molecule has 1 heterocycles. The van der Waals surface area contributed by atoms with Crippen LogP contribution in [0.1, 0.15) is 39.1 Å². The molecule has 0 saturated carbocycles. The monoisotopic (exact) mass is 457 g/mol. The Morgan fingerprint density at radius 3 is 2.48 bits per heavy atom. The fourth-order valence-corrected chi connectivity index (χ4v) is 3.87. The topological polar surface area (TPSA) is 48.3 Å². The summed E-state index contributed by atoms with van der Waals surface area (Å²) in [6, 6.07) is 22.4. The molecule has 0 radical (unpaired) electrons. The van der Waals surface area contributed by atoms with Gasteiger partial charge in [-0.1, -0.05) is 48.0 Å². The summed E-state index contributed by atoms with van der Waals surface area (Å²) in [7, 11) is 0. The van der Waals surface area contributed by atoms with Crippen molar-refractivity contribution in [3.63, 3.8) is 0 Å². The first-order chi connectivity index (χ1) is 16.2. The number of fused-ring (bicyclic) bond motifs is 1. The van der Waals surface area contributed by atoms with Crippen LogP contribution in [0.15, 0.2) is 85.1 Å². The van der Waals surface area contributed by atoms with Crippen molar-refractivity contribution in [2.45, 2.75) is 19.4 Å². The highest BCUT2D eigenvalue weighted by atomic mass is 35.5. The van der Waals surface area contributed by atoms with E-state index in [1.807, 2.05) is 54.7 Å². The van der Waals surface area contributed by atoms with Gasteiger partial charge in [0.2, 0.25) is 0 Å². The van der Waals surface area contributed by atoms with Crippen LogP contribution in [0.3, 0.4) is 0 Å². The number of nitrogens with zero attached hydrogens (tertiary/aromatic N) is 1. The fraction of sp³-hybridized carbons (Fsp3) is 0.143. The summed E-state index contributed by atoms with van der Waals surface area (Å²) in [5, 5.41) is 1.58. The second kappa shape index (κ2) is 10.8. The van der Waals surface area contributed by atoms with Gasteiger partial charge in [0.25, 0.3) is 0 Å². The summed E-state index contributed by atoms with van der Waals surface area (Å²) in [5.74, 6) is 0.655. The van der Waals surface area contributed by atoms with E-state index in [2.05, 4.69) is 4.57 Å². The number of aromatic nitrogens is 1. The Labute approximate surface area is 198 Å². The average Bonchev–Trinajstić information content (AvgIpc) is 3.21. The van der Waals surface area contributed by atoms with E-state index in [4.69, 9.17) is 16.3 Å². The molecule has 0 aliphatic carbocycles. The van der Waals surface area contributed by atoms with E-state index in [9.17, 15) is 9.59 Å². The summed E-state index contributed by atoms with van der Waals surface area (Å²) < 4.78 is 8.12. The molecule has 0 atom stereocenters. The summed E-state index contributed by atoms with van der Waals surface area (Å²) in [6.45, 7) is 1.38. The third-order valence-electron chi connectivity index (χ3n) is 5.46. The lowest BCUT2D eigenvalue weighted by Crippen LogP contribution is -2.02. The quantitative estimate of drug-likeness (QED) is 0.113. The Morgan fingerprint density at radius 2 is 1.67 bits per heavy atom. The van der Waals surface area contributed by atoms with E-state index in [1.165, 1.54) is 0 Å². The third kappa shape index (κ3) is 5.60. The number of allylic oxidation sites excluding steroid dienone is 1. The molecule has 0 fully saturated rings. The number of aryl methyl sites for hydroxylation is 1.